The molecule has 7 nitrogen and oxygen atoms in total. The predicted octanol–water partition coefficient (Wildman–Crippen LogP) is 3.68. The number of nitrogens with one attached hydrogen (secondary N) is 1. The Bertz CT molecular complexity index is 947. The highest BCUT2D eigenvalue weighted by molar-refractivity contribution is 5.93. The van der Waals surface area contributed by atoms with Crippen molar-refractivity contribution in [3.63, 3.8) is 0 Å². The van der Waals surface area contributed by atoms with Crippen molar-refractivity contribution in [1.82, 2.24) is 24.5 Å². The van der Waals surface area contributed by atoms with E-state index in [0.717, 1.165) is 10.4 Å². The van der Waals surface area contributed by atoms with E-state index in [2.05, 4.69) is 15.5 Å². The van der Waals surface area contributed by atoms with Gasteiger partial charge in [0, 0.05) is 38.2 Å². The summed E-state index contributed by atoms with van der Waals surface area (Å²) in [6, 6.07) is 1.61. The highest BCUT2D eigenvalue weighted by Gasteiger charge is 2.46. The van der Waals surface area contributed by atoms with Crippen LogP contribution >= 0.6 is 0 Å². The molecule has 4 rings (SSSR count). The highest BCUT2D eigenvalue weighted by atomic mass is 19.4. The lowest BCUT2D eigenvalue weighted by atomic mass is 10.0. The number of aryl methyl sites for hydroxylation is 1. The van der Waals surface area contributed by atoms with Crippen LogP contribution in [0.3, 0.4) is 0 Å². The van der Waals surface area contributed by atoms with Gasteiger partial charge < -0.3 is 10.2 Å². The molecule has 2 aromatic heterocycles. The maximum absolute atomic E-state index is 13.5. The van der Waals surface area contributed by atoms with Crippen molar-refractivity contribution in [2.75, 3.05) is 18.4 Å². The van der Waals surface area contributed by atoms with Crippen LogP contribution in [0, 0.1) is 0 Å². The summed E-state index contributed by atoms with van der Waals surface area (Å²) in [6.45, 7) is 6.76. The molecule has 1 amide bonds. The number of anilines is 1. The van der Waals surface area contributed by atoms with Crippen molar-refractivity contribution < 1.29 is 18.0 Å². The molecule has 164 valence electrons. The third-order valence-electron chi connectivity index (χ3n) is 6.00. The molecule has 30 heavy (non-hydrogen) atoms. The minimum atomic E-state index is -4.35. The van der Waals surface area contributed by atoms with E-state index in [1.165, 1.54) is 0 Å². The molecule has 2 aliphatic heterocycles. The van der Waals surface area contributed by atoms with E-state index in [1.807, 2.05) is 19.9 Å². The first kappa shape index (κ1) is 20.7. The average molecular weight is 424 g/mol. The van der Waals surface area contributed by atoms with Crippen LogP contribution in [0.5, 0.6) is 0 Å². The first-order valence-electron chi connectivity index (χ1n) is 10.3. The Morgan fingerprint density at radius 2 is 2.00 bits per heavy atom. The van der Waals surface area contributed by atoms with Crippen LogP contribution in [0.15, 0.2) is 12.1 Å². The first-order valence-corrected chi connectivity index (χ1v) is 10.3. The van der Waals surface area contributed by atoms with Crippen molar-refractivity contribution in [2.45, 2.75) is 63.7 Å². The Balaban J connectivity index is 1.52. The lowest BCUT2D eigenvalue weighted by molar-refractivity contribution is -0.173. The molecule has 0 aliphatic carbocycles. The molecule has 0 radical (unpaired) electrons. The molecule has 1 saturated heterocycles. The second kappa shape index (κ2) is 7.31. The molecular formula is C20H27F3N6O. The normalized spacial score (nSPS) is 24.3. The van der Waals surface area contributed by atoms with Gasteiger partial charge in [-0.05, 0) is 31.7 Å². The van der Waals surface area contributed by atoms with Crippen molar-refractivity contribution in [3.05, 3.63) is 29.2 Å². The second-order valence-electron chi connectivity index (χ2n) is 8.71. The van der Waals surface area contributed by atoms with Crippen LogP contribution in [0.4, 0.5) is 19.0 Å². The molecule has 2 aliphatic rings. The van der Waals surface area contributed by atoms with Gasteiger partial charge in [-0.15, -0.1) is 0 Å². The van der Waals surface area contributed by atoms with Crippen molar-refractivity contribution >= 4 is 11.7 Å². The van der Waals surface area contributed by atoms with Crippen LogP contribution in [0.2, 0.25) is 0 Å². The predicted molar refractivity (Wildman–Crippen MR) is 106 cm³/mol. The molecule has 1 unspecified atom stereocenters. The van der Waals surface area contributed by atoms with E-state index < -0.39 is 12.2 Å². The molecule has 10 heteroatoms. The van der Waals surface area contributed by atoms with E-state index in [1.54, 1.807) is 29.6 Å². The number of fused-ring (bicyclic) bond motifs is 1. The number of halogens is 3. The zero-order valence-electron chi connectivity index (χ0n) is 17.6. The summed E-state index contributed by atoms with van der Waals surface area (Å²) < 4.78 is 43.1. The van der Waals surface area contributed by atoms with Crippen molar-refractivity contribution in [1.29, 1.82) is 0 Å². The van der Waals surface area contributed by atoms with E-state index >= 15 is 0 Å². The summed E-state index contributed by atoms with van der Waals surface area (Å²) >= 11 is 0. The van der Waals surface area contributed by atoms with Gasteiger partial charge in [0.2, 0.25) is 0 Å². The molecule has 1 N–H and O–H groups in total. The molecule has 1 fully saturated rings. The number of rotatable bonds is 3. The number of hydrogen-bond donors (Lipinski definition) is 1. The Hall–Kier alpha value is -2.52. The Morgan fingerprint density at radius 3 is 2.63 bits per heavy atom. The maximum atomic E-state index is 13.5. The number of carbonyl (C=O) groups excluding carboxylic acids is 1. The SMILES string of the molecule is CC(C)c1cc(C(=O)N2CCC(c3cc4n(n3)[C@@H](C(F)(F)F)C[C@@H](C)N4)C2)n(C)n1. The molecule has 0 bridgehead atoms. The Kier molecular flexibility index (Phi) is 5.06. The van der Waals surface area contributed by atoms with Crippen molar-refractivity contribution in [3.8, 4) is 0 Å². The first-order chi connectivity index (χ1) is 14.0. The lowest BCUT2D eigenvalue weighted by Gasteiger charge is -2.31. The van der Waals surface area contributed by atoms with Gasteiger partial charge in [0.15, 0.2) is 6.04 Å². The standard InChI is InChI=1S/C20H27F3N6O/c1-11(2)14-8-16(27(4)25-14)19(30)28-6-5-13(10-28)15-9-18-24-12(3)7-17(20(21,22)23)29(18)26-15/h8-9,11-13,17,24H,5-7,10H2,1-4H3/t12-,13?,17-/m1/s1. The van der Waals surface area contributed by atoms with Crippen LogP contribution in [-0.2, 0) is 7.05 Å². The van der Waals surface area contributed by atoms with Crippen LogP contribution < -0.4 is 5.32 Å². The molecule has 3 atom stereocenters. The number of aromatic nitrogens is 4. The molecule has 0 saturated carbocycles. The summed E-state index contributed by atoms with van der Waals surface area (Å²) in [5, 5.41) is 11.8. The van der Waals surface area contributed by atoms with E-state index in [9.17, 15) is 18.0 Å². The van der Waals surface area contributed by atoms with E-state index in [4.69, 9.17) is 0 Å². The lowest BCUT2D eigenvalue weighted by Crippen LogP contribution is -2.37. The third-order valence-corrected chi connectivity index (χ3v) is 6.00. The summed E-state index contributed by atoms with van der Waals surface area (Å²) in [4.78, 5) is 14.7. The maximum Gasteiger partial charge on any atom is 0.410 e. The minimum absolute atomic E-state index is 0.0500. The molecule has 2 aromatic rings. The number of hydrogen-bond acceptors (Lipinski definition) is 4. The third kappa shape index (κ3) is 3.67. The smallest absolute Gasteiger partial charge is 0.368 e. The summed E-state index contributed by atoms with van der Waals surface area (Å²) in [6.07, 6.45) is -3.73. The van der Waals surface area contributed by atoms with E-state index in [-0.39, 0.29) is 30.2 Å². The summed E-state index contributed by atoms with van der Waals surface area (Å²) in [5.74, 6) is 0.417. The largest absolute Gasteiger partial charge is 0.410 e. The van der Waals surface area contributed by atoms with Gasteiger partial charge in [0.05, 0.1) is 11.4 Å². The molecule has 0 spiro atoms. The number of alkyl halides is 3. The van der Waals surface area contributed by atoms with E-state index in [0.29, 0.717) is 36.7 Å². The Morgan fingerprint density at radius 1 is 1.27 bits per heavy atom. The van der Waals surface area contributed by atoms with Crippen LogP contribution in [0.25, 0.3) is 0 Å². The number of carbonyl (C=O) groups is 1. The quantitative estimate of drug-likeness (QED) is 0.816. The fraction of sp³-hybridized carbons (Fsp3) is 0.650. The number of likely N-dealkylation sites (tertiary alicyclic amines) is 1. The molecular weight excluding hydrogens is 397 g/mol. The number of nitrogens with zero attached hydrogens (tertiary/aromatic N) is 5. The Labute approximate surface area is 173 Å². The topological polar surface area (TPSA) is 68.0 Å². The average Bonchev–Trinajstić information content (AvgIpc) is 3.36. The summed E-state index contributed by atoms with van der Waals surface area (Å²) in [5.41, 5.74) is 1.98. The zero-order valence-corrected chi connectivity index (χ0v) is 17.6. The second-order valence-corrected chi connectivity index (χ2v) is 8.71. The minimum Gasteiger partial charge on any atom is -0.368 e. The fourth-order valence-electron chi connectivity index (χ4n) is 4.30. The van der Waals surface area contributed by atoms with Gasteiger partial charge in [-0.2, -0.15) is 23.4 Å². The van der Waals surface area contributed by atoms with Crippen LogP contribution in [-0.4, -0.2) is 55.7 Å². The highest BCUT2D eigenvalue weighted by Crippen LogP contribution is 2.40. The zero-order chi connectivity index (χ0) is 21.8. The molecule has 4 heterocycles. The van der Waals surface area contributed by atoms with Gasteiger partial charge in [0.1, 0.15) is 11.5 Å². The van der Waals surface area contributed by atoms with Gasteiger partial charge >= 0.3 is 6.18 Å². The number of amides is 1. The van der Waals surface area contributed by atoms with Gasteiger partial charge in [-0.25, -0.2) is 4.68 Å². The van der Waals surface area contributed by atoms with Gasteiger partial charge in [0.25, 0.3) is 5.91 Å². The monoisotopic (exact) mass is 424 g/mol. The summed E-state index contributed by atoms with van der Waals surface area (Å²) in [7, 11) is 1.75. The van der Waals surface area contributed by atoms with Gasteiger partial charge in [-0.3, -0.25) is 9.48 Å². The van der Waals surface area contributed by atoms with Gasteiger partial charge in [-0.1, -0.05) is 13.8 Å². The molecule has 0 aromatic carbocycles. The fourth-order valence-corrected chi connectivity index (χ4v) is 4.30. The van der Waals surface area contributed by atoms with Crippen molar-refractivity contribution in [2.24, 2.45) is 7.05 Å². The van der Waals surface area contributed by atoms with Crippen LogP contribution in [0.1, 0.15) is 73.4 Å².